The summed E-state index contributed by atoms with van der Waals surface area (Å²) in [5.41, 5.74) is -0.149. The molecule has 2 heterocycles. The number of halogens is 1. The Morgan fingerprint density at radius 1 is 1.24 bits per heavy atom. The van der Waals surface area contributed by atoms with Gasteiger partial charge in [-0.3, -0.25) is 4.90 Å². The van der Waals surface area contributed by atoms with Gasteiger partial charge in [-0.2, -0.15) is 4.31 Å². The predicted molar refractivity (Wildman–Crippen MR) is 76.0 cm³/mol. The summed E-state index contributed by atoms with van der Waals surface area (Å²) in [5.74, 6) is -0.535. The van der Waals surface area contributed by atoms with E-state index >= 15 is 0 Å². The SMILES string of the molecule is CC1(N2CCOCC2)CN(S(=O)(=O)c2cccc(F)c2)C1. The molecule has 2 fully saturated rings. The van der Waals surface area contributed by atoms with E-state index in [1.165, 1.54) is 22.5 Å². The minimum absolute atomic E-state index is 0.0199. The Morgan fingerprint density at radius 3 is 2.52 bits per heavy atom. The second kappa shape index (κ2) is 5.31. The number of hydrogen-bond donors (Lipinski definition) is 0. The molecule has 0 bridgehead atoms. The van der Waals surface area contributed by atoms with Crippen LogP contribution in [0.25, 0.3) is 0 Å². The predicted octanol–water partition coefficient (Wildman–Crippen LogP) is 0.921. The Bertz CT molecular complexity index is 623. The lowest BCUT2D eigenvalue weighted by atomic mass is 9.92. The molecule has 0 aliphatic carbocycles. The summed E-state index contributed by atoms with van der Waals surface area (Å²) in [7, 11) is -3.60. The van der Waals surface area contributed by atoms with Crippen LogP contribution in [-0.4, -0.2) is 62.6 Å². The topological polar surface area (TPSA) is 49.9 Å². The molecule has 21 heavy (non-hydrogen) atoms. The van der Waals surface area contributed by atoms with Gasteiger partial charge in [-0.05, 0) is 25.1 Å². The zero-order chi connectivity index (χ0) is 15.1. The Labute approximate surface area is 124 Å². The lowest BCUT2D eigenvalue weighted by Gasteiger charge is -2.54. The molecule has 2 aliphatic heterocycles. The zero-order valence-electron chi connectivity index (χ0n) is 12.0. The summed E-state index contributed by atoms with van der Waals surface area (Å²) in [6.07, 6.45) is 0. The average Bonchev–Trinajstić information content (AvgIpc) is 2.45. The van der Waals surface area contributed by atoms with Crippen LogP contribution in [0.1, 0.15) is 6.92 Å². The number of sulfonamides is 1. The monoisotopic (exact) mass is 314 g/mol. The van der Waals surface area contributed by atoms with Gasteiger partial charge < -0.3 is 4.74 Å². The van der Waals surface area contributed by atoms with E-state index in [0.29, 0.717) is 26.3 Å². The van der Waals surface area contributed by atoms with Crippen molar-refractivity contribution in [1.29, 1.82) is 0 Å². The highest BCUT2D eigenvalue weighted by Gasteiger charge is 2.48. The molecule has 1 aromatic rings. The van der Waals surface area contributed by atoms with Crippen LogP contribution in [-0.2, 0) is 14.8 Å². The maximum absolute atomic E-state index is 13.2. The first-order chi connectivity index (χ1) is 9.92. The van der Waals surface area contributed by atoms with E-state index in [1.807, 2.05) is 0 Å². The molecular formula is C14H19FN2O3S. The minimum Gasteiger partial charge on any atom is -0.379 e. The first-order valence-electron chi connectivity index (χ1n) is 7.00. The van der Waals surface area contributed by atoms with Gasteiger partial charge in [0.25, 0.3) is 0 Å². The highest BCUT2D eigenvalue weighted by molar-refractivity contribution is 7.89. The zero-order valence-corrected chi connectivity index (χ0v) is 12.8. The van der Waals surface area contributed by atoms with Crippen molar-refractivity contribution in [3.63, 3.8) is 0 Å². The van der Waals surface area contributed by atoms with Crippen molar-refractivity contribution in [2.24, 2.45) is 0 Å². The molecule has 1 aromatic carbocycles. The molecule has 0 atom stereocenters. The molecule has 0 saturated carbocycles. The fourth-order valence-corrected chi connectivity index (χ4v) is 4.67. The van der Waals surface area contributed by atoms with Crippen molar-refractivity contribution in [2.45, 2.75) is 17.4 Å². The molecular weight excluding hydrogens is 295 g/mol. The van der Waals surface area contributed by atoms with Gasteiger partial charge in [-0.15, -0.1) is 0 Å². The van der Waals surface area contributed by atoms with E-state index in [2.05, 4.69) is 11.8 Å². The highest BCUT2D eigenvalue weighted by atomic mass is 32.2. The summed E-state index contributed by atoms with van der Waals surface area (Å²) in [6, 6.07) is 5.17. The van der Waals surface area contributed by atoms with Crippen LogP contribution in [0, 0.1) is 5.82 Å². The summed E-state index contributed by atoms with van der Waals surface area (Å²) in [6.45, 7) is 5.96. The third-order valence-electron chi connectivity index (χ3n) is 4.24. The van der Waals surface area contributed by atoms with E-state index in [0.717, 1.165) is 19.2 Å². The van der Waals surface area contributed by atoms with Crippen LogP contribution in [0.2, 0.25) is 0 Å². The molecule has 2 saturated heterocycles. The molecule has 0 spiro atoms. The first-order valence-corrected chi connectivity index (χ1v) is 8.44. The van der Waals surface area contributed by atoms with Crippen molar-refractivity contribution in [1.82, 2.24) is 9.21 Å². The third kappa shape index (κ3) is 2.70. The van der Waals surface area contributed by atoms with Crippen molar-refractivity contribution in [3.05, 3.63) is 30.1 Å². The van der Waals surface area contributed by atoms with Crippen molar-refractivity contribution < 1.29 is 17.5 Å². The second-order valence-electron chi connectivity index (χ2n) is 5.83. The standard InChI is InChI=1S/C14H19FN2O3S/c1-14(16-5-7-20-8-6-16)10-17(11-14)21(18,19)13-4-2-3-12(15)9-13/h2-4,9H,5-8,10-11H2,1H3. The van der Waals surface area contributed by atoms with Crippen LogP contribution in [0.4, 0.5) is 4.39 Å². The minimum atomic E-state index is -3.60. The van der Waals surface area contributed by atoms with Gasteiger partial charge in [-0.1, -0.05) is 6.07 Å². The van der Waals surface area contributed by atoms with Crippen LogP contribution in [0.5, 0.6) is 0 Å². The number of hydrogen-bond acceptors (Lipinski definition) is 4. The largest absolute Gasteiger partial charge is 0.379 e. The van der Waals surface area contributed by atoms with Gasteiger partial charge in [0.15, 0.2) is 0 Å². The van der Waals surface area contributed by atoms with Gasteiger partial charge in [0, 0.05) is 31.7 Å². The Balaban J connectivity index is 1.72. The van der Waals surface area contributed by atoms with Crippen LogP contribution in [0.3, 0.4) is 0 Å². The Morgan fingerprint density at radius 2 is 1.90 bits per heavy atom. The van der Waals surface area contributed by atoms with Gasteiger partial charge in [0.2, 0.25) is 10.0 Å². The molecule has 116 valence electrons. The van der Waals surface area contributed by atoms with Crippen LogP contribution in [0.15, 0.2) is 29.2 Å². The molecule has 0 radical (unpaired) electrons. The lowest BCUT2D eigenvalue weighted by Crippen LogP contribution is -2.70. The lowest BCUT2D eigenvalue weighted by molar-refractivity contribution is -0.0602. The van der Waals surface area contributed by atoms with E-state index < -0.39 is 15.8 Å². The Kier molecular flexibility index (Phi) is 3.77. The van der Waals surface area contributed by atoms with E-state index in [4.69, 9.17) is 4.74 Å². The molecule has 2 aliphatic rings. The highest BCUT2D eigenvalue weighted by Crippen LogP contribution is 2.33. The summed E-state index contributed by atoms with van der Waals surface area (Å²) < 4.78 is 44.9. The fourth-order valence-electron chi connectivity index (χ4n) is 2.96. The Hall–Kier alpha value is -1.02. The number of nitrogens with zero attached hydrogens (tertiary/aromatic N) is 2. The van der Waals surface area contributed by atoms with Crippen LogP contribution < -0.4 is 0 Å². The van der Waals surface area contributed by atoms with Gasteiger partial charge in [-0.25, -0.2) is 12.8 Å². The molecule has 0 unspecified atom stereocenters. The molecule has 0 amide bonds. The number of rotatable bonds is 3. The molecule has 7 heteroatoms. The quantitative estimate of drug-likeness (QED) is 0.832. The normalized spacial score (nSPS) is 23.7. The maximum atomic E-state index is 13.2. The van der Waals surface area contributed by atoms with E-state index in [1.54, 1.807) is 0 Å². The number of ether oxygens (including phenoxy) is 1. The molecule has 0 N–H and O–H groups in total. The number of morpholine rings is 1. The molecule has 5 nitrogen and oxygen atoms in total. The smallest absolute Gasteiger partial charge is 0.243 e. The van der Waals surface area contributed by atoms with Gasteiger partial charge in [0.1, 0.15) is 5.82 Å². The van der Waals surface area contributed by atoms with Gasteiger partial charge in [0.05, 0.1) is 18.1 Å². The van der Waals surface area contributed by atoms with E-state index in [9.17, 15) is 12.8 Å². The molecule has 3 rings (SSSR count). The van der Waals surface area contributed by atoms with Crippen molar-refractivity contribution in [3.8, 4) is 0 Å². The molecule has 0 aromatic heterocycles. The average molecular weight is 314 g/mol. The summed E-state index contributed by atoms with van der Waals surface area (Å²) in [4.78, 5) is 2.29. The third-order valence-corrected chi connectivity index (χ3v) is 6.03. The van der Waals surface area contributed by atoms with Crippen LogP contribution >= 0.6 is 0 Å². The summed E-state index contributed by atoms with van der Waals surface area (Å²) >= 11 is 0. The number of benzene rings is 1. The first kappa shape index (κ1) is 14.9. The summed E-state index contributed by atoms with van der Waals surface area (Å²) in [5, 5.41) is 0. The maximum Gasteiger partial charge on any atom is 0.243 e. The van der Waals surface area contributed by atoms with Crippen molar-refractivity contribution in [2.75, 3.05) is 39.4 Å². The van der Waals surface area contributed by atoms with Crippen molar-refractivity contribution >= 4 is 10.0 Å². The van der Waals surface area contributed by atoms with Gasteiger partial charge >= 0.3 is 0 Å². The van der Waals surface area contributed by atoms with E-state index in [-0.39, 0.29) is 10.4 Å². The second-order valence-corrected chi connectivity index (χ2v) is 7.76. The fraction of sp³-hybridized carbons (Fsp3) is 0.571.